The van der Waals surface area contributed by atoms with E-state index < -0.39 is 38.4 Å². The van der Waals surface area contributed by atoms with Crippen LogP contribution in [0.25, 0.3) is 0 Å². The maximum absolute atomic E-state index is 14.4. The van der Waals surface area contributed by atoms with Gasteiger partial charge in [-0.2, -0.15) is 18.3 Å². The number of anilines is 2. The van der Waals surface area contributed by atoms with Gasteiger partial charge in [0.2, 0.25) is 0 Å². The van der Waals surface area contributed by atoms with Gasteiger partial charge >= 0.3 is 6.18 Å². The minimum Gasteiger partial charge on any atom is -0.321 e. The summed E-state index contributed by atoms with van der Waals surface area (Å²) in [6.45, 7) is 0. The second kappa shape index (κ2) is 7.78. The summed E-state index contributed by atoms with van der Waals surface area (Å²) < 4.78 is 80.8. The lowest BCUT2D eigenvalue weighted by Crippen LogP contribution is -2.18. The van der Waals surface area contributed by atoms with Crippen LogP contribution in [0.3, 0.4) is 0 Å². The van der Waals surface area contributed by atoms with Crippen LogP contribution in [-0.4, -0.2) is 24.1 Å². The quantitative estimate of drug-likeness (QED) is 0.590. The molecule has 1 amide bonds. The van der Waals surface area contributed by atoms with E-state index in [0.29, 0.717) is 6.07 Å². The molecule has 1 aromatic heterocycles. The van der Waals surface area contributed by atoms with E-state index >= 15 is 0 Å². The molecule has 7 nitrogen and oxygen atoms in total. The summed E-state index contributed by atoms with van der Waals surface area (Å²) in [6.07, 6.45) is -3.27. The number of rotatable bonds is 5. The van der Waals surface area contributed by atoms with Crippen LogP contribution in [0.5, 0.6) is 0 Å². The van der Waals surface area contributed by atoms with Crippen LogP contribution in [0.2, 0.25) is 0 Å². The molecular weight excluding hydrogens is 428 g/mol. The lowest BCUT2D eigenvalue weighted by Gasteiger charge is -2.12. The van der Waals surface area contributed by atoms with Crippen molar-refractivity contribution in [1.29, 1.82) is 0 Å². The number of carbonyl (C=O) groups excluding carboxylic acids is 1. The summed E-state index contributed by atoms with van der Waals surface area (Å²) in [6, 6.07) is 7.76. The zero-order chi connectivity index (χ0) is 22.1. The minimum atomic E-state index is -4.67. The van der Waals surface area contributed by atoms with Crippen molar-refractivity contribution < 1.29 is 30.8 Å². The molecule has 0 aliphatic heterocycles. The van der Waals surface area contributed by atoms with E-state index in [2.05, 4.69) is 10.4 Å². The number of carbonyl (C=O) groups is 1. The van der Waals surface area contributed by atoms with Gasteiger partial charge < -0.3 is 5.32 Å². The zero-order valence-corrected chi connectivity index (χ0v) is 16.1. The van der Waals surface area contributed by atoms with E-state index in [0.717, 1.165) is 36.4 Å². The van der Waals surface area contributed by atoms with Gasteiger partial charge in [-0.3, -0.25) is 14.2 Å². The number of nitrogens with zero attached hydrogens (tertiary/aromatic N) is 2. The highest BCUT2D eigenvalue weighted by Gasteiger charge is 2.31. The molecular formula is C18H14F4N4O3S. The van der Waals surface area contributed by atoms with E-state index in [4.69, 9.17) is 0 Å². The van der Waals surface area contributed by atoms with Crippen molar-refractivity contribution in [1.82, 2.24) is 9.78 Å². The second-order valence-corrected chi connectivity index (χ2v) is 7.77. The first kappa shape index (κ1) is 21.3. The number of hydrogen-bond acceptors (Lipinski definition) is 4. The Kier molecular flexibility index (Phi) is 5.53. The summed E-state index contributed by atoms with van der Waals surface area (Å²) in [5, 5.41) is 6.23. The summed E-state index contributed by atoms with van der Waals surface area (Å²) in [7, 11) is -2.99. The van der Waals surface area contributed by atoms with Gasteiger partial charge in [-0.1, -0.05) is 6.07 Å². The summed E-state index contributed by atoms with van der Waals surface area (Å²) >= 11 is 0. The summed E-state index contributed by atoms with van der Waals surface area (Å²) in [4.78, 5) is 11.3. The van der Waals surface area contributed by atoms with E-state index in [9.17, 15) is 30.8 Å². The molecule has 3 rings (SSSR count). The maximum Gasteiger partial charge on any atom is 0.416 e. The van der Waals surface area contributed by atoms with Crippen LogP contribution >= 0.6 is 0 Å². The van der Waals surface area contributed by atoms with Gasteiger partial charge in [-0.05, 0) is 42.5 Å². The smallest absolute Gasteiger partial charge is 0.321 e. The summed E-state index contributed by atoms with van der Waals surface area (Å²) in [5.74, 6) is -1.79. The van der Waals surface area contributed by atoms with Crippen molar-refractivity contribution in [2.45, 2.75) is 11.1 Å². The van der Waals surface area contributed by atoms with Crippen molar-refractivity contribution in [2.75, 3.05) is 10.0 Å². The Labute approximate surface area is 168 Å². The second-order valence-electron chi connectivity index (χ2n) is 6.12. The van der Waals surface area contributed by atoms with Crippen molar-refractivity contribution in [3.8, 4) is 0 Å². The van der Waals surface area contributed by atoms with Crippen molar-refractivity contribution in [3.05, 3.63) is 71.8 Å². The topological polar surface area (TPSA) is 93.1 Å². The number of aryl methyl sites for hydroxylation is 1. The maximum atomic E-state index is 14.4. The van der Waals surface area contributed by atoms with Gasteiger partial charge in [0.25, 0.3) is 15.9 Å². The van der Waals surface area contributed by atoms with Crippen molar-refractivity contribution in [2.24, 2.45) is 7.05 Å². The monoisotopic (exact) mass is 442 g/mol. The standard InChI is InChI=1S/C18H14F4N4O3S/c1-26-15(7-8-23-26)17(27)24-12-5-6-16(14(19)10-12)30(28,29)25-13-4-2-3-11(9-13)18(20,21)22/h2-10,25H,1H3,(H,24,27). The number of amides is 1. The van der Waals surface area contributed by atoms with Gasteiger partial charge in [-0.25, -0.2) is 12.8 Å². The molecule has 0 fully saturated rings. The first-order valence-electron chi connectivity index (χ1n) is 8.26. The van der Waals surface area contributed by atoms with Gasteiger partial charge in [-0.15, -0.1) is 0 Å². The van der Waals surface area contributed by atoms with Crippen LogP contribution in [-0.2, 0) is 23.2 Å². The highest BCUT2D eigenvalue weighted by molar-refractivity contribution is 7.92. The highest BCUT2D eigenvalue weighted by atomic mass is 32.2. The third-order valence-corrected chi connectivity index (χ3v) is 5.39. The normalized spacial score (nSPS) is 11.9. The van der Waals surface area contributed by atoms with E-state index in [1.165, 1.54) is 24.0 Å². The van der Waals surface area contributed by atoms with E-state index in [1.807, 2.05) is 4.72 Å². The minimum absolute atomic E-state index is 0.0169. The fourth-order valence-electron chi connectivity index (χ4n) is 2.56. The van der Waals surface area contributed by atoms with Gasteiger partial charge in [0.05, 0.1) is 5.56 Å². The number of sulfonamides is 1. The van der Waals surface area contributed by atoms with Gasteiger partial charge in [0, 0.05) is 24.6 Å². The summed E-state index contributed by atoms with van der Waals surface area (Å²) in [5.41, 5.74) is -1.26. The Morgan fingerprint density at radius 1 is 1.07 bits per heavy atom. The molecule has 0 saturated carbocycles. The predicted octanol–water partition coefficient (Wildman–Crippen LogP) is 3.63. The van der Waals surface area contributed by atoms with E-state index in [-0.39, 0.29) is 17.1 Å². The molecule has 0 bridgehead atoms. The number of alkyl halides is 3. The Bertz CT molecular complexity index is 1210. The molecule has 30 heavy (non-hydrogen) atoms. The molecule has 0 unspecified atom stereocenters. The number of nitrogens with one attached hydrogen (secondary N) is 2. The predicted molar refractivity (Wildman–Crippen MR) is 99.8 cm³/mol. The van der Waals surface area contributed by atoms with Gasteiger partial charge in [0.15, 0.2) is 0 Å². The first-order chi connectivity index (χ1) is 14.0. The molecule has 0 radical (unpaired) electrons. The Morgan fingerprint density at radius 3 is 2.40 bits per heavy atom. The van der Waals surface area contributed by atoms with Crippen LogP contribution in [0.1, 0.15) is 16.1 Å². The fraction of sp³-hybridized carbons (Fsp3) is 0.111. The molecule has 0 aliphatic carbocycles. The molecule has 1 heterocycles. The SMILES string of the molecule is Cn1nccc1C(=O)Nc1ccc(S(=O)(=O)Nc2cccc(C(F)(F)F)c2)c(F)c1. The molecule has 12 heteroatoms. The Balaban J connectivity index is 1.82. The lowest BCUT2D eigenvalue weighted by molar-refractivity contribution is -0.137. The molecule has 2 aromatic carbocycles. The average molecular weight is 442 g/mol. The van der Waals surface area contributed by atoms with Crippen LogP contribution in [0.15, 0.2) is 59.6 Å². The molecule has 0 spiro atoms. The third-order valence-electron chi connectivity index (χ3n) is 3.97. The molecule has 0 aliphatic rings. The number of benzene rings is 2. The van der Waals surface area contributed by atoms with Gasteiger partial charge in [0.1, 0.15) is 16.4 Å². The average Bonchev–Trinajstić information content (AvgIpc) is 3.07. The van der Waals surface area contributed by atoms with Crippen LogP contribution in [0.4, 0.5) is 28.9 Å². The zero-order valence-electron chi connectivity index (χ0n) is 15.2. The molecule has 0 atom stereocenters. The Morgan fingerprint density at radius 2 is 1.80 bits per heavy atom. The molecule has 158 valence electrons. The Hall–Kier alpha value is -3.41. The van der Waals surface area contributed by atoms with Crippen molar-refractivity contribution >= 4 is 27.3 Å². The number of aromatic nitrogens is 2. The molecule has 3 aromatic rings. The largest absolute Gasteiger partial charge is 0.416 e. The van der Waals surface area contributed by atoms with E-state index in [1.54, 1.807) is 0 Å². The lowest BCUT2D eigenvalue weighted by atomic mass is 10.2. The van der Waals surface area contributed by atoms with Crippen LogP contribution in [0, 0.1) is 5.82 Å². The molecule has 2 N–H and O–H groups in total. The number of halogens is 4. The van der Waals surface area contributed by atoms with Crippen molar-refractivity contribution in [3.63, 3.8) is 0 Å². The highest BCUT2D eigenvalue weighted by Crippen LogP contribution is 2.31. The fourth-order valence-corrected chi connectivity index (χ4v) is 3.67. The number of hydrogen-bond donors (Lipinski definition) is 2. The third kappa shape index (κ3) is 4.59. The molecule has 0 saturated heterocycles. The first-order valence-corrected chi connectivity index (χ1v) is 9.75. The van der Waals surface area contributed by atoms with Crippen LogP contribution < -0.4 is 10.0 Å².